The maximum Gasteiger partial charge on any atom is 0.409 e. The van der Waals surface area contributed by atoms with Crippen molar-refractivity contribution in [1.29, 1.82) is 0 Å². The Morgan fingerprint density at radius 3 is 2.76 bits per heavy atom. The Hall–Kier alpha value is -0.820. The third-order valence-corrected chi connectivity index (χ3v) is 3.06. The summed E-state index contributed by atoms with van der Waals surface area (Å²) in [4.78, 5) is 13.0. The Kier molecular flexibility index (Phi) is 5.20. The van der Waals surface area contributed by atoms with Gasteiger partial charge in [0.2, 0.25) is 0 Å². The number of ether oxygens (including phenoxy) is 1. The highest BCUT2D eigenvalue weighted by molar-refractivity contribution is 7.86. The van der Waals surface area contributed by atoms with Crippen LogP contribution >= 0.6 is 0 Å². The molecule has 0 spiro atoms. The van der Waals surface area contributed by atoms with Crippen molar-refractivity contribution in [2.45, 2.75) is 32.3 Å². The molecule has 1 aliphatic heterocycles. The maximum atomic E-state index is 11.5. The van der Waals surface area contributed by atoms with Crippen molar-refractivity contribution in [2.24, 2.45) is 0 Å². The van der Waals surface area contributed by atoms with Crippen LogP contribution in [0.25, 0.3) is 0 Å². The summed E-state index contributed by atoms with van der Waals surface area (Å²) in [6.45, 7) is 3.17. The number of amides is 1. The zero-order valence-corrected chi connectivity index (χ0v) is 11.0. The highest BCUT2D eigenvalue weighted by atomic mass is 32.2. The number of likely N-dealkylation sites (tertiary alicyclic amines) is 1. The minimum absolute atomic E-state index is 0.276. The van der Waals surface area contributed by atoms with Gasteiger partial charge in [0, 0.05) is 6.54 Å². The predicted octanol–water partition coefficient (Wildman–Crippen LogP) is 0.974. The number of nitrogens with zero attached hydrogens (tertiary/aromatic N) is 1. The lowest BCUT2D eigenvalue weighted by Crippen LogP contribution is -2.31. The van der Waals surface area contributed by atoms with Gasteiger partial charge >= 0.3 is 6.09 Å². The third kappa shape index (κ3) is 5.36. The number of rotatable bonds is 5. The zero-order valence-electron chi connectivity index (χ0n) is 10.2. The molecule has 1 aliphatic rings. The average molecular weight is 265 g/mol. The Bertz CT molecular complexity index is 354. The fourth-order valence-corrected chi connectivity index (χ4v) is 2.27. The van der Waals surface area contributed by atoms with Crippen molar-refractivity contribution in [3.63, 3.8) is 0 Å². The molecule has 7 heteroatoms. The zero-order chi connectivity index (χ0) is 12.9. The second kappa shape index (κ2) is 6.20. The summed E-state index contributed by atoms with van der Waals surface area (Å²) in [5, 5.41) is 0. The number of unbranched alkanes of at least 4 members (excludes halogenated alkanes) is 1. The van der Waals surface area contributed by atoms with Gasteiger partial charge in [0.05, 0.1) is 25.5 Å². The number of hydrogen-bond acceptors (Lipinski definition) is 5. The van der Waals surface area contributed by atoms with Crippen LogP contribution < -0.4 is 0 Å². The van der Waals surface area contributed by atoms with E-state index < -0.39 is 22.3 Å². The lowest BCUT2D eigenvalue weighted by atomic mass is 10.3. The standard InChI is InChI=1S/C10H19NO5S/c1-3-4-7-15-10(12)11-6-5-9(8-11)16-17(2,13)14/h9H,3-8H2,1-2H3/t9-/m1/s1. The van der Waals surface area contributed by atoms with Gasteiger partial charge in [-0.2, -0.15) is 8.42 Å². The minimum atomic E-state index is -3.46. The first-order valence-electron chi connectivity index (χ1n) is 5.72. The molecule has 1 rings (SSSR count). The fourth-order valence-electron chi connectivity index (χ4n) is 1.61. The second-order valence-corrected chi connectivity index (χ2v) is 5.73. The van der Waals surface area contributed by atoms with Crippen LogP contribution in [0, 0.1) is 0 Å². The topological polar surface area (TPSA) is 72.9 Å². The van der Waals surface area contributed by atoms with Crippen molar-refractivity contribution in [3.8, 4) is 0 Å². The molecule has 0 aromatic carbocycles. The Labute approximate surface area is 102 Å². The van der Waals surface area contributed by atoms with Crippen LogP contribution in [0.5, 0.6) is 0 Å². The maximum absolute atomic E-state index is 11.5. The summed E-state index contributed by atoms with van der Waals surface area (Å²) in [7, 11) is -3.46. The fraction of sp³-hybridized carbons (Fsp3) is 0.900. The molecule has 17 heavy (non-hydrogen) atoms. The molecule has 1 amide bonds. The van der Waals surface area contributed by atoms with Crippen LogP contribution in [-0.4, -0.2) is 51.5 Å². The quantitative estimate of drug-likeness (QED) is 0.547. The molecule has 0 aliphatic carbocycles. The predicted molar refractivity (Wildman–Crippen MR) is 62.2 cm³/mol. The molecule has 6 nitrogen and oxygen atoms in total. The second-order valence-electron chi connectivity index (χ2n) is 4.12. The van der Waals surface area contributed by atoms with Crippen LogP contribution in [0.15, 0.2) is 0 Å². The first-order chi connectivity index (χ1) is 7.92. The van der Waals surface area contributed by atoms with E-state index in [9.17, 15) is 13.2 Å². The molecule has 1 atom stereocenters. The van der Waals surface area contributed by atoms with Crippen molar-refractivity contribution < 1.29 is 22.1 Å². The van der Waals surface area contributed by atoms with Crippen molar-refractivity contribution in [1.82, 2.24) is 4.90 Å². The van der Waals surface area contributed by atoms with Gasteiger partial charge in [-0.05, 0) is 12.8 Å². The van der Waals surface area contributed by atoms with Crippen LogP contribution in [0.4, 0.5) is 4.79 Å². The molecule has 0 bridgehead atoms. The van der Waals surface area contributed by atoms with Gasteiger partial charge in [0.25, 0.3) is 10.1 Å². The summed E-state index contributed by atoms with van der Waals surface area (Å²) in [5.41, 5.74) is 0. The molecule has 1 saturated heterocycles. The lowest BCUT2D eigenvalue weighted by molar-refractivity contribution is 0.104. The molecule has 1 fully saturated rings. The van der Waals surface area contributed by atoms with Crippen molar-refractivity contribution in [2.75, 3.05) is 26.0 Å². The van der Waals surface area contributed by atoms with Crippen molar-refractivity contribution >= 4 is 16.2 Å². The summed E-state index contributed by atoms with van der Waals surface area (Å²) >= 11 is 0. The Morgan fingerprint density at radius 2 is 2.18 bits per heavy atom. The van der Waals surface area contributed by atoms with E-state index in [1.54, 1.807) is 0 Å². The normalized spacial score (nSPS) is 20.6. The van der Waals surface area contributed by atoms with Crippen LogP contribution in [0.3, 0.4) is 0 Å². The molecule has 0 unspecified atom stereocenters. The van der Waals surface area contributed by atoms with Gasteiger partial charge in [-0.3, -0.25) is 4.18 Å². The van der Waals surface area contributed by atoms with Crippen LogP contribution in [-0.2, 0) is 19.0 Å². The molecule has 0 saturated carbocycles. The van der Waals surface area contributed by atoms with E-state index in [4.69, 9.17) is 8.92 Å². The third-order valence-electron chi connectivity index (χ3n) is 2.44. The number of hydrogen-bond donors (Lipinski definition) is 0. The van der Waals surface area contributed by atoms with E-state index in [2.05, 4.69) is 0 Å². The minimum Gasteiger partial charge on any atom is -0.449 e. The SMILES string of the molecule is CCCCOC(=O)N1CC[C@@H](OS(C)(=O)=O)C1. The smallest absolute Gasteiger partial charge is 0.409 e. The van der Waals surface area contributed by atoms with E-state index in [1.807, 2.05) is 6.92 Å². The molecular weight excluding hydrogens is 246 g/mol. The Morgan fingerprint density at radius 1 is 1.47 bits per heavy atom. The molecule has 0 aromatic rings. The first kappa shape index (κ1) is 14.2. The molecule has 0 aromatic heterocycles. The van der Waals surface area contributed by atoms with Gasteiger partial charge in [-0.1, -0.05) is 13.3 Å². The van der Waals surface area contributed by atoms with E-state index in [-0.39, 0.29) is 6.54 Å². The summed E-state index contributed by atoms with van der Waals surface area (Å²) in [6, 6.07) is 0. The monoisotopic (exact) mass is 265 g/mol. The summed E-state index contributed by atoms with van der Waals surface area (Å²) < 4.78 is 31.7. The Balaban J connectivity index is 2.32. The van der Waals surface area contributed by atoms with Gasteiger partial charge in [0.15, 0.2) is 0 Å². The van der Waals surface area contributed by atoms with Gasteiger partial charge < -0.3 is 9.64 Å². The number of carbonyl (C=O) groups is 1. The molecule has 0 N–H and O–H groups in total. The van der Waals surface area contributed by atoms with Crippen LogP contribution in [0.1, 0.15) is 26.2 Å². The van der Waals surface area contributed by atoms with Gasteiger partial charge in [0.1, 0.15) is 0 Å². The highest BCUT2D eigenvalue weighted by Crippen LogP contribution is 2.15. The van der Waals surface area contributed by atoms with E-state index in [0.29, 0.717) is 19.6 Å². The molecular formula is C10H19NO5S. The first-order valence-corrected chi connectivity index (χ1v) is 7.54. The molecule has 0 radical (unpaired) electrons. The van der Waals surface area contributed by atoms with E-state index >= 15 is 0 Å². The molecule has 100 valence electrons. The summed E-state index contributed by atoms with van der Waals surface area (Å²) in [5.74, 6) is 0. The van der Waals surface area contributed by atoms with Gasteiger partial charge in [-0.25, -0.2) is 4.79 Å². The van der Waals surface area contributed by atoms with Crippen LogP contribution in [0.2, 0.25) is 0 Å². The van der Waals surface area contributed by atoms with E-state index in [1.165, 1.54) is 4.90 Å². The summed E-state index contributed by atoms with van der Waals surface area (Å²) in [6.07, 6.45) is 2.50. The molecule has 1 heterocycles. The largest absolute Gasteiger partial charge is 0.449 e. The average Bonchev–Trinajstić information content (AvgIpc) is 2.64. The van der Waals surface area contributed by atoms with E-state index in [0.717, 1.165) is 19.1 Å². The lowest BCUT2D eigenvalue weighted by Gasteiger charge is -2.15. The van der Waals surface area contributed by atoms with Gasteiger partial charge in [-0.15, -0.1) is 0 Å². The number of carbonyl (C=O) groups excluding carboxylic acids is 1. The van der Waals surface area contributed by atoms with Crippen molar-refractivity contribution in [3.05, 3.63) is 0 Å². The highest BCUT2D eigenvalue weighted by Gasteiger charge is 2.29.